The van der Waals surface area contributed by atoms with Crippen molar-refractivity contribution in [3.05, 3.63) is 53.6 Å². The molecule has 1 N–H and O–H groups in total. The summed E-state index contributed by atoms with van der Waals surface area (Å²) in [6.45, 7) is 6.37. The van der Waals surface area contributed by atoms with Gasteiger partial charge in [-0.2, -0.15) is 0 Å². The average molecular weight is 398 g/mol. The third-order valence-corrected chi connectivity index (χ3v) is 5.50. The van der Waals surface area contributed by atoms with Gasteiger partial charge in [-0.05, 0) is 42.3 Å². The molecule has 1 fully saturated rings. The molecule has 0 bridgehead atoms. The van der Waals surface area contributed by atoms with E-state index in [0.717, 1.165) is 48.6 Å². The van der Waals surface area contributed by atoms with Gasteiger partial charge in [0, 0.05) is 19.6 Å². The van der Waals surface area contributed by atoms with Gasteiger partial charge in [0.05, 0.1) is 23.4 Å². The van der Waals surface area contributed by atoms with Crippen LogP contribution in [0.25, 0.3) is 10.2 Å². The highest BCUT2D eigenvalue weighted by atomic mass is 32.1. The van der Waals surface area contributed by atoms with Crippen molar-refractivity contribution in [3.63, 3.8) is 0 Å². The van der Waals surface area contributed by atoms with E-state index < -0.39 is 0 Å². The topological polar surface area (TPSA) is 63.7 Å². The van der Waals surface area contributed by atoms with Crippen molar-refractivity contribution in [2.45, 2.75) is 13.5 Å². The highest BCUT2D eigenvalue weighted by Gasteiger charge is 2.13. The van der Waals surface area contributed by atoms with Crippen LogP contribution in [0.4, 0.5) is 5.13 Å². The molecule has 6 nitrogen and oxygen atoms in total. The lowest BCUT2D eigenvalue weighted by Crippen LogP contribution is -2.35. The summed E-state index contributed by atoms with van der Waals surface area (Å²) in [5.74, 6) is 0.473. The van der Waals surface area contributed by atoms with E-state index in [1.54, 1.807) is 0 Å². The first-order valence-corrected chi connectivity index (χ1v) is 10.2. The van der Waals surface area contributed by atoms with E-state index in [-0.39, 0.29) is 12.5 Å². The molecule has 2 aromatic carbocycles. The molecule has 1 amide bonds. The number of benzene rings is 2. The van der Waals surface area contributed by atoms with Crippen LogP contribution in [0, 0.1) is 6.92 Å². The maximum Gasteiger partial charge on any atom is 0.264 e. The second-order valence-electron chi connectivity index (χ2n) is 6.86. The number of anilines is 1. The fourth-order valence-corrected chi connectivity index (χ4v) is 4.09. The lowest BCUT2D eigenvalue weighted by Gasteiger charge is -2.26. The molecule has 1 saturated heterocycles. The Morgan fingerprint density at radius 1 is 1.25 bits per heavy atom. The molecule has 0 spiro atoms. The number of carbonyl (C=O) groups excluding carboxylic acids is 1. The van der Waals surface area contributed by atoms with Crippen LogP contribution in [0.2, 0.25) is 0 Å². The summed E-state index contributed by atoms with van der Waals surface area (Å²) in [6, 6.07) is 13.9. The van der Waals surface area contributed by atoms with Gasteiger partial charge in [0.25, 0.3) is 5.91 Å². The van der Waals surface area contributed by atoms with E-state index in [0.29, 0.717) is 10.9 Å². The van der Waals surface area contributed by atoms with Crippen molar-refractivity contribution < 1.29 is 14.3 Å². The number of ether oxygens (including phenoxy) is 2. The highest BCUT2D eigenvalue weighted by molar-refractivity contribution is 7.22. The number of hydrogen-bond donors (Lipinski definition) is 1. The van der Waals surface area contributed by atoms with Gasteiger partial charge in [-0.3, -0.25) is 15.0 Å². The Bertz CT molecular complexity index is 966. The van der Waals surface area contributed by atoms with E-state index in [1.165, 1.54) is 16.9 Å². The molecule has 28 heavy (non-hydrogen) atoms. The second-order valence-corrected chi connectivity index (χ2v) is 7.89. The number of rotatable bonds is 6. The van der Waals surface area contributed by atoms with Crippen LogP contribution in [-0.4, -0.2) is 48.7 Å². The van der Waals surface area contributed by atoms with Crippen molar-refractivity contribution in [2.75, 3.05) is 38.2 Å². The molecule has 0 saturated carbocycles. The monoisotopic (exact) mass is 397 g/mol. The lowest BCUT2D eigenvalue weighted by atomic mass is 10.2. The SMILES string of the molecule is Cc1cccc(OCC(=O)Nc2nc3ccc(CN4CCOCC4)cc3s2)c1. The van der Waals surface area contributed by atoms with Gasteiger partial charge in [-0.1, -0.05) is 29.5 Å². The van der Waals surface area contributed by atoms with Crippen LogP contribution in [0.15, 0.2) is 42.5 Å². The number of carbonyl (C=O) groups is 1. The highest BCUT2D eigenvalue weighted by Crippen LogP contribution is 2.27. The number of thiazole rings is 1. The summed E-state index contributed by atoms with van der Waals surface area (Å²) >= 11 is 1.48. The molecule has 0 aliphatic carbocycles. The van der Waals surface area contributed by atoms with Crippen LogP contribution in [0.5, 0.6) is 5.75 Å². The van der Waals surface area contributed by atoms with Gasteiger partial charge in [0.2, 0.25) is 0 Å². The Kier molecular flexibility index (Phi) is 5.85. The average Bonchev–Trinajstić information content (AvgIpc) is 3.09. The molecule has 3 aromatic rings. The predicted molar refractivity (Wildman–Crippen MR) is 111 cm³/mol. The Morgan fingerprint density at radius 3 is 2.93 bits per heavy atom. The summed E-state index contributed by atoms with van der Waals surface area (Å²) in [5, 5.41) is 3.43. The number of hydrogen-bond acceptors (Lipinski definition) is 6. The van der Waals surface area contributed by atoms with Gasteiger partial charge >= 0.3 is 0 Å². The molecule has 146 valence electrons. The molecule has 1 aromatic heterocycles. The van der Waals surface area contributed by atoms with Crippen LogP contribution < -0.4 is 10.1 Å². The molecule has 1 aliphatic rings. The molecule has 1 aliphatic heterocycles. The normalized spacial score (nSPS) is 14.9. The zero-order valence-corrected chi connectivity index (χ0v) is 16.6. The first-order valence-electron chi connectivity index (χ1n) is 9.34. The maximum atomic E-state index is 12.2. The summed E-state index contributed by atoms with van der Waals surface area (Å²) in [5.41, 5.74) is 3.24. The number of morpholine rings is 1. The predicted octanol–water partition coefficient (Wildman–Crippen LogP) is 3.45. The molecule has 4 rings (SSSR count). The fraction of sp³-hybridized carbons (Fsp3) is 0.333. The number of aromatic nitrogens is 1. The van der Waals surface area contributed by atoms with Crippen molar-refractivity contribution in [1.82, 2.24) is 9.88 Å². The van der Waals surface area contributed by atoms with Crippen molar-refractivity contribution in [2.24, 2.45) is 0 Å². The minimum atomic E-state index is -0.214. The maximum absolute atomic E-state index is 12.2. The van der Waals surface area contributed by atoms with Gasteiger partial charge in [-0.15, -0.1) is 0 Å². The van der Waals surface area contributed by atoms with Crippen LogP contribution in [0.3, 0.4) is 0 Å². The summed E-state index contributed by atoms with van der Waals surface area (Å²) in [7, 11) is 0. The first-order chi connectivity index (χ1) is 13.7. The van der Waals surface area contributed by atoms with Crippen LogP contribution in [0.1, 0.15) is 11.1 Å². The molecule has 7 heteroatoms. The van der Waals surface area contributed by atoms with E-state index >= 15 is 0 Å². The number of nitrogens with one attached hydrogen (secondary N) is 1. The summed E-state index contributed by atoms with van der Waals surface area (Å²) < 4.78 is 12.0. The van der Waals surface area contributed by atoms with Gasteiger partial charge in [-0.25, -0.2) is 4.98 Å². The Hall–Kier alpha value is -2.48. The van der Waals surface area contributed by atoms with Gasteiger partial charge in [0.15, 0.2) is 11.7 Å². The van der Waals surface area contributed by atoms with Crippen LogP contribution in [-0.2, 0) is 16.1 Å². The van der Waals surface area contributed by atoms with Crippen molar-refractivity contribution >= 4 is 32.6 Å². The molecule has 0 unspecified atom stereocenters. The molecule has 2 heterocycles. The van der Waals surface area contributed by atoms with Crippen molar-refractivity contribution in [3.8, 4) is 5.75 Å². The minimum Gasteiger partial charge on any atom is -0.484 e. The zero-order chi connectivity index (χ0) is 19.3. The zero-order valence-electron chi connectivity index (χ0n) is 15.8. The second kappa shape index (κ2) is 8.68. The Balaban J connectivity index is 1.36. The number of amides is 1. The number of fused-ring (bicyclic) bond motifs is 1. The smallest absolute Gasteiger partial charge is 0.264 e. The first kappa shape index (κ1) is 18.9. The van der Waals surface area contributed by atoms with E-state index in [9.17, 15) is 4.79 Å². The summed E-state index contributed by atoms with van der Waals surface area (Å²) in [6.07, 6.45) is 0. The standard InChI is InChI=1S/C21H23N3O3S/c1-15-3-2-4-17(11-15)27-14-20(25)23-21-22-18-6-5-16(12-19(18)28-21)13-24-7-9-26-10-8-24/h2-6,11-12H,7-10,13-14H2,1H3,(H,22,23,25). The lowest BCUT2D eigenvalue weighted by molar-refractivity contribution is -0.118. The Labute approximate surface area is 168 Å². The number of aryl methyl sites for hydroxylation is 1. The largest absolute Gasteiger partial charge is 0.484 e. The Morgan fingerprint density at radius 2 is 2.11 bits per heavy atom. The van der Waals surface area contributed by atoms with E-state index in [4.69, 9.17) is 9.47 Å². The molecular formula is C21H23N3O3S. The van der Waals surface area contributed by atoms with Crippen LogP contribution >= 0.6 is 11.3 Å². The van der Waals surface area contributed by atoms with Gasteiger partial charge in [0.1, 0.15) is 5.75 Å². The fourth-order valence-electron chi connectivity index (χ4n) is 3.15. The third kappa shape index (κ3) is 4.86. The number of nitrogens with zero attached hydrogens (tertiary/aromatic N) is 2. The molecule has 0 radical (unpaired) electrons. The molecular weight excluding hydrogens is 374 g/mol. The third-order valence-electron chi connectivity index (χ3n) is 4.57. The summed E-state index contributed by atoms with van der Waals surface area (Å²) in [4.78, 5) is 19.1. The van der Waals surface area contributed by atoms with Crippen molar-refractivity contribution in [1.29, 1.82) is 0 Å². The van der Waals surface area contributed by atoms with E-state index in [2.05, 4.69) is 27.3 Å². The molecule has 0 atom stereocenters. The quantitative estimate of drug-likeness (QED) is 0.690. The minimum absolute atomic E-state index is 0.0400. The van der Waals surface area contributed by atoms with Gasteiger partial charge < -0.3 is 9.47 Å². The van der Waals surface area contributed by atoms with E-state index in [1.807, 2.05) is 37.3 Å².